The Hall–Kier alpha value is -0.197. The zero-order chi connectivity index (χ0) is 15.9. The van der Waals surface area contributed by atoms with Crippen molar-refractivity contribution in [2.24, 2.45) is 5.41 Å². The maximum atomic E-state index is 2.43. The summed E-state index contributed by atoms with van der Waals surface area (Å²) in [4.78, 5) is 2.33. The zero-order valence-electron chi connectivity index (χ0n) is 14.9. The third kappa shape index (κ3) is 2.99. The Morgan fingerprint density at radius 3 is 2.24 bits per heavy atom. The molecule has 1 nitrogen and oxygen atoms in total. The molecule has 21 heavy (non-hydrogen) atoms. The van der Waals surface area contributed by atoms with E-state index in [1.165, 1.54) is 6.42 Å². The Labute approximate surface area is 142 Å². The summed E-state index contributed by atoms with van der Waals surface area (Å²) in [5, 5.41) is 0. The van der Waals surface area contributed by atoms with Crippen molar-refractivity contribution in [1.82, 2.24) is 4.90 Å². The van der Waals surface area contributed by atoms with Crippen molar-refractivity contribution < 1.29 is 23.2 Å². The van der Waals surface area contributed by atoms with Gasteiger partial charge >= 0.3 is 143 Å². The summed E-state index contributed by atoms with van der Waals surface area (Å²) in [6.07, 6.45) is 5.95. The molecule has 0 saturated carbocycles. The van der Waals surface area contributed by atoms with Gasteiger partial charge in [-0.1, -0.05) is 0 Å². The number of allylic oxidation sites excluding steroid dienone is 6. The van der Waals surface area contributed by atoms with Crippen LogP contribution in [0.3, 0.4) is 0 Å². The van der Waals surface area contributed by atoms with Gasteiger partial charge in [-0.15, -0.1) is 0 Å². The first-order valence-electron chi connectivity index (χ1n) is 7.90. The molecule has 0 amide bonds. The van der Waals surface area contributed by atoms with Gasteiger partial charge in [0, 0.05) is 0 Å². The van der Waals surface area contributed by atoms with E-state index in [1.807, 2.05) is 0 Å². The number of likely N-dealkylation sites (N-methyl/N-ethyl adjacent to an activating group) is 1. The van der Waals surface area contributed by atoms with Gasteiger partial charge in [-0.25, -0.2) is 0 Å². The molecule has 0 bridgehead atoms. The second-order valence-corrected chi connectivity index (χ2v) is 10.5. The van der Waals surface area contributed by atoms with E-state index in [0.29, 0.717) is 11.5 Å². The molecule has 0 spiro atoms. The van der Waals surface area contributed by atoms with Crippen molar-refractivity contribution in [2.45, 2.75) is 54.0 Å². The Balaban J connectivity index is 2.33. The molecule has 2 aliphatic carbocycles. The van der Waals surface area contributed by atoms with Crippen molar-refractivity contribution in [3.8, 4) is 0 Å². The third-order valence-corrected chi connectivity index (χ3v) is 10.6. The van der Waals surface area contributed by atoms with E-state index in [0.717, 1.165) is 0 Å². The molecule has 114 valence electrons. The number of hydrogen-bond donors (Lipinski definition) is 0. The second kappa shape index (κ2) is 6.13. The molecule has 2 rings (SSSR count). The van der Waals surface area contributed by atoms with Crippen LogP contribution in [0.2, 0.25) is 0 Å². The van der Waals surface area contributed by atoms with Crippen molar-refractivity contribution in [3.63, 3.8) is 0 Å². The van der Waals surface area contributed by atoms with Gasteiger partial charge in [0.15, 0.2) is 0 Å². The quantitative estimate of drug-likeness (QED) is 0.689. The summed E-state index contributed by atoms with van der Waals surface area (Å²) in [6.45, 7) is 14.2. The minimum absolute atomic E-state index is 0.294. The summed E-state index contributed by atoms with van der Waals surface area (Å²) in [6, 6.07) is 0.542. The summed E-state index contributed by atoms with van der Waals surface area (Å²) in [5.74, 6) is 0. The van der Waals surface area contributed by atoms with Crippen LogP contribution in [-0.4, -0.2) is 25.0 Å². The molecule has 0 heterocycles. The van der Waals surface area contributed by atoms with Crippen LogP contribution in [0.15, 0.2) is 41.0 Å². The van der Waals surface area contributed by atoms with Gasteiger partial charge in [-0.05, 0) is 0 Å². The Kier molecular flexibility index (Phi) is 5.01. The van der Waals surface area contributed by atoms with Crippen LogP contribution in [0.4, 0.5) is 0 Å². The molecule has 0 N–H and O–H groups in total. The summed E-state index contributed by atoms with van der Waals surface area (Å²) in [7, 11) is 4.37. The standard InChI is InChI=1S/C10H15.C9H14N.Zr/c1-7-6-10(4,5)9(3)8(7)2;1-8(10(2)3)9-6-4-5-7-9;/h1-5H3;4,6,8H,5H2,1-3H3;. The molecule has 0 fully saturated rings. The SMILES string of the molecule is CC1=C(C)C(C)(C)[C]([Zr][C]2=C(C(C)N(C)C)C=CC2)=C1C. The molecule has 2 heteroatoms. The van der Waals surface area contributed by atoms with Crippen molar-refractivity contribution in [3.05, 3.63) is 41.0 Å². The third-order valence-electron chi connectivity index (χ3n) is 5.53. The number of nitrogens with zero attached hydrogens (tertiary/aromatic N) is 1. The van der Waals surface area contributed by atoms with Crippen LogP contribution >= 0.6 is 0 Å². The zero-order valence-corrected chi connectivity index (χ0v) is 17.3. The van der Waals surface area contributed by atoms with Crippen molar-refractivity contribution in [1.29, 1.82) is 0 Å². The topological polar surface area (TPSA) is 3.24 Å². The molecule has 0 radical (unpaired) electrons. The minimum atomic E-state index is -0.676. The molecular formula is C19H29NZr. The van der Waals surface area contributed by atoms with Crippen molar-refractivity contribution in [2.75, 3.05) is 14.1 Å². The summed E-state index contributed by atoms with van der Waals surface area (Å²) >= 11 is -0.676. The molecule has 0 aromatic heterocycles. The fraction of sp³-hybridized carbons (Fsp3) is 0.579. The van der Waals surface area contributed by atoms with E-state index in [4.69, 9.17) is 0 Å². The molecular weight excluding hydrogens is 333 g/mol. The van der Waals surface area contributed by atoms with E-state index in [2.05, 4.69) is 72.7 Å². The van der Waals surface area contributed by atoms with Gasteiger partial charge in [0.1, 0.15) is 0 Å². The van der Waals surface area contributed by atoms with Gasteiger partial charge in [0.25, 0.3) is 0 Å². The van der Waals surface area contributed by atoms with Crippen LogP contribution in [0.25, 0.3) is 0 Å². The maximum absolute atomic E-state index is 2.43. The molecule has 0 aliphatic heterocycles. The van der Waals surface area contributed by atoms with E-state index >= 15 is 0 Å². The average molecular weight is 363 g/mol. The Bertz CT molecular complexity index is 570. The first kappa shape index (κ1) is 17.2. The van der Waals surface area contributed by atoms with Gasteiger partial charge < -0.3 is 0 Å². The number of rotatable bonds is 4. The first-order valence-corrected chi connectivity index (χ1v) is 10.4. The van der Waals surface area contributed by atoms with Crippen LogP contribution in [0.1, 0.15) is 48.0 Å². The monoisotopic (exact) mass is 361 g/mol. The van der Waals surface area contributed by atoms with Crippen molar-refractivity contribution >= 4 is 0 Å². The normalized spacial score (nSPS) is 22.9. The Morgan fingerprint density at radius 2 is 1.76 bits per heavy atom. The first-order chi connectivity index (χ1) is 9.67. The Morgan fingerprint density at radius 1 is 1.14 bits per heavy atom. The summed E-state index contributed by atoms with van der Waals surface area (Å²) in [5.41, 5.74) is 6.63. The van der Waals surface area contributed by atoms with Crippen LogP contribution < -0.4 is 0 Å². The molecule has 1 atom stereocenters. The van der Waals surface area contributed by atoms with E-state index in [-0.39, 0.29) is 0 Å². The summed E-state index contributed by atoms with van der Waals surface area (Å²) < 4.78 is 3.58. The predicted octanol–water partition coefficient (Wildman–Crippen LogP) is 4.88. The molecule has 0 aromatic carbocycles. The molecule has 0 aromatic rings. The molecule has 0 saturated heterocycles. The van der Waals surface area contributed by atoms with Crippen LogP contribution in [-0.2, 0) is 23.2 Å². The second-order valence-electron chi connectivity index (χ2n) is 7.18. The van der Waals surface area contributed by atoms with E-state index in [1.54, 1.807) is 28.9 Å². The predicted molar refractivity (Wildman–Crippen MR) is 88.8 cm³/mol. The van der Waals surface area contributed by atoms with Crippen LogP contribution in [0.5, 0.6) is 0 Å². The number of hydrogen-bond acceptors (Lipinski definition) is 1. The average Bonchev–Trinajstić information content (AvgIpc) is 2.93. The van der Waals surface area contributed by atoms with E-state index < -0.39 is 23.2 Å². The van der Waals surface area contributed by atoms with Gasteiger partial charge in [0.05, 0.1) is 0 Å². The van der Waals surface area contributed by atoms with Gasteiger partial charge in [0.2, 0.25) is 0 Å². The van der Waals surface area contributed by atoms with Gasteiger partial charge in [-0.3, -0.25) is 0 Å². The van der Waals surface area contributed by atoms with Gasteiger partial charge in [-0.2, -0.15) is 0 Å². The van der Waals surface area contributed by atoms with Crippen LogP contribution in [0, 0.1) is 5.41 Å². The van der Waals surface area contributed by atoms with E-state index in [9.17, 15) is 0 Å². The fourth-order valence-corrected chi connectivity index (χ4v) is 7.82. The molecule has 1 unspecified atom stereocenters. The molecule has 2 aliphatic rings. The fourth-order valence-electron chi connectivity index (χ4n) is 3.31.